The second kappa shape index (κ2) is 5.84. The summed E-state index contributed by atoms with van der Waals surface area (Å²) in [6.07, 6.45) is 5.62. The number of nitrogens with zero attached hydrogens (tertiary/aromatic N) is 3. The van der Waals surface area contributed by atoms with E-state index in [9.17, 15) is 5.11 Å². The fourth-order valence-corrected chi connectivity index (χ4v) is 3.63. The molecular formula is C16H29N3O. The van der Waals surface area contributed by atoms with Crippen LogP contribution in [-0.4, -0.2) is 26.0 Å². The van der Waals surface area contributed by atoms with E-state index in [2.05, 4.69) is 44.7 Å². The Bertz CT molecular complexity index is 439. The van der Waals surface area contributed by atoms with Gasteiger partial charge in [-0.25, -0.2) is 9.67 Å². The molecule has 1 fully saturated rings. The van der Waals surface area contributed by atoms with Crippen molar-refractivity contribution in [3.63, 3.8) is 0 Å². The fraction of sp³-hybridized carbons (Fsp3) is 0.875. The van der Waals surface area contributed by atoms with Gasteiger partial charge in [0.25, 0.3) is 0 Å². The van der Waals surface area contributed by atoms with Gasteiger partial charge in [-0.15, -0.1) is 0 Å². The van der Waals surface area contributed by atoms with Crippen LogP contribution in [0.5, 0.6) is 0 Å². The molecule has 1 aliphatic rings. The van der Waals surface area contributed by atoms with Crippen LogP contribution >= 0.6 is 0 Å². The molecule has 4 nitrogen and oxygen atoms in total. The van der Waals surface area contributed by atoms with Gasteiger partial charge in [-0.2, -0.15) is 5.10 Å². The van der Waals surface area contributed by atoms with E-state index in [0.717, 1.165) is 25.1 Å². The number of aromatic nitrogens is 3. The molecule has 114 valence electrons. The highest BCUT2D eigenvalue weighted by molar-refractivity contribution is 4.97. The van der Waals surface area contributed by atoms with Gasteiger partial charge in [0, 0.05) is 12.5 Å². The average Bonchev–Trinajstić information content (AvgIpc) is 2.75. The van der Waals surface area contributed by atoms with E-state index in [1.54, 1.807) is 6.33 Å². The van der Waals surface area contributed by atoms with Crippen LogP contribution in [0, 0.1) is 17.3 Å². The quantitative estimate of drug-likeness (QED) is 0.920. The van der Waals surface area contributed by atoms with E-state index < -0.39 is 0 Å². The zero-order valence-corrected chi connectivity index (χ0v) is 13.5. The first-order valence-electron chi connectivity index (χ1n) is 7.87. The highest BCUT2D eigenvalue weighted by Gasteiger charge is 2.39. The Morgan fingerprint density at radius 3 is 2.70 bits per heavy atom. The molecule has 0 aliphatic heterocycles. The van der Waals surface area contributed by atoms with E-state index in [1.165, 1.54) is 6.42 Å². The van der Waals surface area contributed by atoms with Crippen LogP contribution in [-0.2, 0) is 6.42 Å². The van der Waals surface area contributed by atoms with Gasteiger partial charge in [-0.3, -0.25) is 0 Å². The van der Waals surface area contributed by atoms with Crippen molar-refractivity contribution in [3.05, 3.63) is 12.2 Å². The van der Waals surface area contributed by atoms with Gasteiger partial charge in [0.05, 0.1) is 6.10 Å². The molecule has 1 N–H and O–H groups in total. The largest absolute Gasteiger partial charge is 0.393 e. The van der Waals surface area contributed by atoms with Crippen LogP contribution in [0.1, 0.15) is 65.7 Å². The van der Waals surface area contributed by atoms with Crippen LogP contribution in [0.15, 0.2) is 6.33 Å². The standard InChI is InChI=1S/C16H29N3O/c1-11(2)19-15(17-10-18-19)9-16(4,5)13-7-6-12(3)8-14(13)20/h10-14,20H,6-9H2,1-5H3. The summed E-state index contributed by atoms with van der Waals surface area (Å²) in [6, 6.07) is 0.333. The zero-order valence-electron chi connectivity index (χ0n) is 13.5. The summed E-state index contributed by atoms with van der Waals surface area (Å²) in [6.45, 7) is 11.0. The highest BCUT2D eigenvalue weighted by Crippen LogP contribution is 2.42. The van der Waals surface area contributed by atoms with Crippen LogP contribution in [0.2, 0.25) is 0 Å². The van der Waals surface area contributed by atoms with Crippen LogP contribution < -0.4 is 0 Å². The summed E-state index contributed by atoms with van der Waals surface area (Å²) in [7, 11) is 0. The van der Waals surface area contributed by atoms with Crippen LogP contribution in [0.3, 0.4) is 0 Å². The highest BCUT2D eigenvalue weighted by atomic mass is 16.3. The third kappa shape index (κ3) is 3.22. The maximum Gasteiger partial charge on any atom is 0.138 e. The zero-order chi connectivity index (χ0) is 14.9. The summed E-state index contributed by atoms with van der Waals surface area (Å²) >= 11 is 0. The van der Waals surface area contributed by atoms with E-state index in [1.807, 2.05) is 4.68 Å². The van der Waals surface area contributed by atoms with Gasteiger partial charge in [-0.05, 0) is 43.9 Å². The summed E-state index contributed by atoms with van der Waals surface area (Å²) in [5.41, 5.74) is 0.0548. The van der Waals surface area contributed by atoms with E-state index in [-0.39, 0.29) is 11.5 Å². The number of aliphatic hydroxyl groups is 1. The summed E-state index contributed by atoms with van der Waals surface area (Å²) < 4.78 is 2.00. The van der Waals surface area contributed by atoms with Crippen LogP contribution in [0.4, 0.5) is 0 Å². The SMILES string of the molecule is CC1CCC(C(C)(C)Cc2ncnn2C(C)C)C(O)C1. The average molecular weight is 279 g/mol. The maximum atomic E-state index is 10.4. The minimum atomic E-state index is -0.177. The van der Waals surface area contributed by atoms with Crippen molar-refractivity contribution in [2.75, 3.05) is 0 Å². The lowest BCUT2D eigenvalue weighted by Crippen LogP contribution is -2.40. The Morgan fingerprint density at radius 1 is 1.40 bits per heavy atom. The smallest absolute Gasteiger partial charge is 0.138 e. The van der Waals surface area contributed by atoms with Gasteiger partial charge < -0.3 is 5.11 Å². The van der Waals surface area contributed by atoms with E-state index in [0.29, 0.717) is 17.9 Å². The Hall–Kier alpha value is -0.900. The van der Waals surface area contributed by atoms with Crippen molar-refractivity contribution in [1.82, 2.24) is 14.8 Å². The van der Waals surface area contributed by atoms with Gasteiger partial charge in [0.15, 0.2) is 0 Å². The first kappa shape index (κ1) is 15.5. The number of rotatable bonds is 4. The van der Waals surface area contributed by atoms with Crippen molar-refractivity contribution < 1.29 is 5.11 Å². The molecule has 1 aliphatic carbocycles. The number of hydrogen-bond donors (Lipinski definition) is 1. The molecular weight excluding hydrogens is 250 g/mol. The van der Waals surface area contributed by atoms with Crippen molar-refractivity contribution in [2.24, 2.45) is 17.3 Å². The van der Waals surface area contributed by atoms with Crippen molar-refractivity contribution in [1.29, 1.82) is 0 Å². The molecule has 4 heteroatoms. The Morgan fingerprint density at radius 2 is 2.10 bits per heavy atom. The molecule has 0 spiro atoms. The van der Waals surface area contributed by atoms with E-state index >= 15 is 0 Å². The summed E-state index contributed by atoms with van der Waals surface area (Å²) in [4.78, 5) is 4.43. The van der Waals surface area contributed by atoms with Gasteiger partial charge in [-0.1, -0.05) is 27.2 Å². The molecule has 1 heterocycles. The first-order chi connectivity index (χ1) is 9.31. The van der Waals surface area contributed by atoms with Crippen molar-refractivity contribution in [3.8, 4) is 0 Å². The molecule has 2 rings (SSSR count). The second-order valence-electron chi connectivity index (χ2n) is 7.47. The third-order valence-electron chi connectivity index (χ3n) is 4.83. The molecule has 1 saturated carbocycles. The molecule has 20 heavy (non-hydrogen) atoms. The predicted octanol–water partition coefficient (Wildman–Crippen LogP) is 3.22. The predicted molar refractivity (Wildman–Crippen MR) is 80.4 cm³/mol. The third-order valence-corrected chi connectivity index (χ3v) is 4.83. The minimum Gasteiger partial charge on any atom is -0.393 e. The fourth-order valence-electron chi connectivity index (χ4n) is 3.63. The Labute approximate surface area is 122 Å². The van der Waals surface area contributed by atoms with Crippen LogP contribution in [0.25, 0.3) is 0 Å². The normalized spacial score (nSPS) is 28.1. The lowest BCUT2D eigenvalue weighted by Gasteiger charge is -2.42. The number of aliphatic hydroxyl groups excluding tert-OH is 1. The van der Waals surface area contributed by atoms with Crippen molar-refractivity contribution >= 4 is 0 Å². The summed E-state index contributed by atoms with van der Waals surface area (Å²) in [5.74, 6) is 2.04. The monoisotopic (exact) mass is 279 g/mol. The van der Waals surface area contributed by atoms with Gasteiger partial charge in [0.1, 0.15) is 12.2 Å². The molecule has 3 atom stereocenters. The van der Waals surface area contributed by atoms with E-state index in [4.69, 9.17) is 0 Å². The Balaban J connectivity index is 2.12. The molecule has 0 saturated heterocycles. The molecule has 3 unspecified atom stereocenters. The lowest BCUT2D eigenvalue weighted by atomic mass is 9.66. The number of hydrogen-bond acceptors (Lipinski definition) is 3. The second-order valence-corrected chi connectivity index (χ2v) is 7.47. The van der Waals surface area contributed by atoms with Gasteiger partial charge >= 0.3 is 0 Å². The molecule has 1 aromatic heterocycles. The topological polar surface area (TPSA) is 50.9 Å². The first-order valence-corrected chi connectivity index (χ1v) is 7.87. The molecule has 0 radical (unpaired) electrons. The Kier molecular flexibility index (Phi) is 4.52. The molecule has 0 aromatic carbocycles. The lowest BCUT2D eigenvalue weighted by molar-refractivity contribution is -0.0136. The summed E-state index contributed by atoms with van der Waals surface area (Å²) in [5, 5.41) is 14.8. The molecule has 0 bridgehead atoms. The molecule has 0 amide bonds. The maximum absolute atomic E-state index is 10.4. The van der Waals surface area contributed by atoms with Gasteiger partial charge in [0.2, 0.25) is 0 Å². The molecule has 1 aromatic rings. The van der Waals surface area contributed by atoms with Crippen molar-refractivity contribution in [2.45, 2.75) is 72.4 Å². The minimum absolute atomic E-state index is 0.0548.